The molecule has 1 atom stereocenters. The van der Waals surface area contributed by atoms with Gasteiger partial charge in [0.05, 0.1) is 13.0 Å². The molecule has 0 radical (unpaired) electrons. The number of nitrogens with zero attached hydrogens (tertiary/aromatic N) is 1. The molecule has 4 rings (SSSR count). The zero-order valence-corrected chi connectivity index (χ0v) is 23.1. The molecular formula is C28H26F13NO3. The number of hydrogen-bond donors (Lipinski definition) is 0. The van der Waals surface area contributed by atoms with Crippen molar-refractivity contribution in [3.63, 3.8) is 0 Å². The Labute approximate surface area is 247 Å². The van der Waals surface area contributed by atoms with Crippen LogP contribution in [0.15, 0.2) is 36.5 Å². The van der Waals surface area contributed by atoms with Crippen LogP contribution in [-0.2, 0) is 0 Å². The van der Waals surface area contributed by atoms with Gasteiger partial charge in [0.25, 0.3) is 0 Å². The van der Waals surface area contributed by atoms with Gasteiger partial charge in [-0.15, -0.1) is 0 Å². The van der Waals surface area contributed by atoms with Crippen molar-refractivity contribution in [3.8, 4) is 28.5 Å². The van der Waals surface area contributed by atoms with Crippen molar-refractivity contribution in [2.75, 3.05) is 6.61 Å². The predicted molar refractivity (Wildman–Crippen MR) is 131 cm³/mol. The van der Waals surface area contributed by atoms with Gasteiger partial charge in [-0.3, -0.25) is 0 Å². The first-order chi connectivity index (χ1) is 20.7. The number of pyridine rings is 1. The Kier molecular flexibility index (Phi) is 9.44. The summed E-state index contributed by atoms with van der Waals surface area (Å²) in [5.74, 6) is -36.9. The van der Waals surface area contributed by atoms with E-state index in [1.54, 1.807) is 6.07 Å². The molecule has 1 fully saturated rings. The molecule has 2 aliphatic rings. The van der Waals surface area contributed by atoms with E-state index in [9.17, 15) is 57.1 Å². The fraction of sp³-hybridized carbons (Fsp3) is 0.607. The summed E-state index contributed by atoms with van der Waals surface area (Å²) in [6.07, 6.45) is -3.21. The van der Waals surface area contributed by atoms with Gasteiger partial charge in [0.1, 0.15) is 0 Å². The molecule has 45 heavy (non-hydrogen) atoms. The van der Waals surface area contributed by atoms with E-state index in [0.717, 1.165) is 37.3 Å². The molecule has 2 aromatic rings. The number of hydrogen-bond acceptors (Lipinski definition) is 4. The van der Waals surface area contributed by atoms with E-state index in [2.05, 4.69) is 4.98 Å². The van der Waals surface area contributed by atoms with Crippen LogP contribution in [0.5, 0.6) is 17.4 Å². The van der Waals surface area contributed by atoms with Gasteiger partial charge in [-0.2, -0.15) is 57.1 Å². The Morgan fingerprint density at radius 1 is 0.667 bits per heavy atom. The average molecular weight is 671 g/mol. The van der Waals surface area contributed by atoms with E-state index in [1.165, 1.54) is 44.0 Å². The number of aromatic nitrogens is 1. The van der Waals surface area contributed by atoms with E-state index in [-0.39, 0.29) is 11.5 Å². The topological polar surface area (TPSA) is 40.6 Å². The van der Waals surface area contributed by atoms with Gasteiger partial charge >= 0.3 is 35.8 Å². The van der Waals surface area contributed by atoms with E-state index in [4.69, 9.17) is 14.2 Å². The van der Waals surface area contributed by atoms with Gasteiger partial charge in [0, 0.05) is 17.8 Å². The van der Waals surface area contributed by atoms with Gasteiger partial charge in [0.15, 0.2) is 11.5 Å². The molecule has 4 nitrogen and oxygen atoms in total. The maximum atomic E-state index is 14.3. The van der Waals surface area contributed by atoms with Crippen LogP contribution in [0.4, 0.5) is 57.1 Å². The van der Waals surface area contributed by atoms with Crippen molar-refractivity contribution in [3.05, 3.63) is 36.5 Å². The number of unbranched alkanes of at least 4 members (excludes halogenated alkanes) is 3. The largest absolute Gasteiger partial charge is 0.478 e. The SMILES string of the molecule is FC(F)(F)C(F)(F)C(F)(F)C(F)(F)C(F)(F)C(F)(F)CC1Oc2ccc(-c3ccc(OCCCCCCC4CC4)nc3)cc2O1. The molecule has 0 spiro atoms. The summed E-state index contributed by atoms with van der Waals surface area (Å²) >= 11 is 0. The van der Waals surface area contributed by atoms with Crippen LogP contribution >= 0.6 is 0 Å². The predicted octanol–water partition coefficient (Wildman–Crippen LogP) is 9.71. The number of fused-ring (bicyclic) bond motifs is 1. The number of rotatable bonds is 15. The monoisotopic (exact) mass is 671 g/mol. The highest BCUT2D eigenvalue weighted by molar-refractivity contribution is 5.67. The summed E-state index contributed by atoms with van der Waals surface area (Å²) in [5, 5.41) is 0. The van der Waals surface area contributed by atoms with Crippen LogP contribution in [0.3, 0.4) is 0 Å². The lowest BCUT2D eigenvalue weighted by Crippen LogP contribution is -2.70. The highest BCUT2D eigenvalue weighted by atomic mass is 19.4. The van der Waals surface area contributed by atoms with Crippen molar-refractivity contribution in [2.45, 2.75) is 93.4 Å². The molecule has 0 N–H and O–H groups in total. The second-order valence-electron chi connectivity index (χ2n) is 10.9. The van der Waals surface area contributed by atoms with Crippen molar-refractivity contribution >= 4 is 0 Å². The minimum atomic E-state index is -7.97. The second-order valence-corrected chi connectivity index (χ2v) is 10.9. The third-order valence-electron chi connectivity index (χ3n) is 7.41. The van der Waals surface area contributed by atoms with Gasteiger partial charge in [0.2, 0.25) is 12.2 Å². The van der Waals surface area contributed by atoms with E-state index in [1.807, 2.05) is 0 Å². The number of ether oxygens (including phenoxy) is 3. The fourth-order valence-electron chi connectivity index (χ4n) is 4.52. The minimum Gasteiger partial charge on any atom is -0.478 e. The molecule has 1 aliphatic heterocycles. The van der Waals surface area contributed by atoms with Gasteiger partial charge in [-0.05, 0) is 36.1 Å². The Balaban J connectivity index is 1.36. The highest BCUT2D eigenvalue weighted by Crippen LogP contribution is 2.61. The number of benzene rings is 1. The summed E-state index contributed by atoms with van der Waals surface area (Å²) in [7, 11) is 0. The molecule has 1 aliphatic carbocycles. The van der Waals surface area contributed by atoms with Crippen LogP contribution in [0.2, 0.25) is 0 Å². The minimum absolute atomic E-state index is 0.316. The molecule has 1 saturated carbocycles. The number of halogens is 13. The van der Waals surface area contributed by atoms with Gasteiger partial charge in [-0.1, -0.05) is 44.6 Å². The third-order valence-corrected chi connectivity index (χ3v) is 7.41. The normalized spacial score (nSPS) is 17.9. The Hall–Kier alpha value is -3.14. The molecule has 0 bridgehead atoms. The fourth-order valence-corrected chi connectivity index (χ4v) is 4.52. The maximum absolute atomic E-state index is 14.3. The van der Waals surface area contributed by atoms with Crippen molar-refractivity contribution < 1.29 is 71.3 Å². The van der Waals surface area contributed by atoms with Crippen molar-refractivity contribution in [1.29, 1.82) is 0 Å². The van der Waals surface area contributed by atoms with Crippen LogP contribution in [0.25, 0.3) is 11.1 Å². The van der Waals surface area contributed by atoms with Gasteiger partial charge < -0.3 is 14.2 Å². The summed E-state index contributed by atoms with van der Waals surface area (Å²) in [6.45, 7) is 0.444. The number of alkyl halides is 13. The van der Waals surface area contributed by atoms with E-state index in [0.29, 0.717) is 23.6 Å². The molecule has 1 unspecified atom stereocenters. The highest BCUT2D eigenvalue weighted by Gasteiger charge is 2.90. The quantitative estimate of drug-likeness (QED) is 0.140. The molecule has 1 aromatic carbocycles. The summed E-state index contributed by atoms with van der Waals surface area (Å²) < 4.78 is 190. The Morgan fingerprint density at radius 2 is 1.27 bits per heavy atom. The zero-order chi connectivity index (χ0) is 33.5. The van der Waals surface area contributed by atoms with Crippen LogP contribution in [-0.4, -0.2) is 53.7 Å². The molecule has 252 valence electrons. The van der Waals surface area contributed by atoms with Crippen LogP contribution < -0.4 is 14.2 Å². The van der Waals surface area contributed by atoms with Crippen LogP contribution in [0.1, 0.15) is 51.4 Å². The molecule has 0 amide bonds. The van der Waals surface area contributed by atoms with Crippen molar-refractivity contribution in [2.24, 2.45) is 5.92 Å². The lowest BCUT2D eigenvalue weighted by molar-refractivity contribution is -0.441. The lowest BCUT2D eigenvalue weighted by Gasteiger charge is -2.39. The molecule has 17 heteroatoms. The third kappa shape index (κ3) is 6.86. The standard InChI is InChI=1S/C28H26F13NO3/c29-23(30,24(31,32)25(33,34)26(35,36)27(37,38)28(39,40)41)14-22-44-19-10-8-17(13-20(19)45-22)18-9-11-21(42-15-18)43-12-4-2-1-3-5-16-6-7-16/h8-11,13,15-16,22H,1-7,12,14H2. The Bertz CT molecular complexity index is 1310. The first-order valence-electron chi connectivity index (χ1n) is 13.7. The average Bonchev–Trinajstić information content (AvgIpc) is 3.68. The van der Waals surface area contributed by atoms with Gasteiger partial charge in [-0.25, -0.2) is 4.98 Å². The summed E-state index contributed by atoms with van der Waals surface area (Å²) in [5.41, 5.74) is 0.756. The Morgan fingerprint density at radius 3 is 1.87 bits per heavy atom. The first-order valence-corrected chi connectivity index (χ1v) is 13.7. The molecular weight excluding hydrogens is 645 g/mol. The molecule has 0 saturated heterocycles. The lowest BCUT2D eigenvalue weighted by atomic mass is 9.92. The summed E-state index contributed by atoms with van der Waals surface area (Å²) in [6, 6.07) is 6.74. The molecule has 1 aromatic heterocycles. The van der Waals surface area contributed by atoms with Crippen LogP contribution in [0, 0.1) is 5.92 Å². The maximum Gasteiger partial charge on any atom is 0.460 e. The van der Waals surface area contributed by atoms with Crippen molar-refractivity contribution in [1.82, 2.24) is 4.98 Å². The first kappa shape index (κ1) is 34.7. The van der Waals surface area contributed by atoms with E-state index < -0.39 is 48.5 Å². The molecule has 2 heterocycles. The smallest absolute Gasteiger partial charge is 0.460 e. The second kappa shape index (κ2) is 12.2. The van der Waals surface area contributed by atoms with E-state index >= 15 is 0 Å². The zero-order valence-electron chi connectivity index (χ0n) is 23.1. The summed E-state index contributed by atoms with van der Waals surface area (Å²) in [4.78, 5) is 4.15.